The highest BCUT2D eigenvalue weighted by atomic mass is 35.5. The van der Waals surface area contributed by atoms with Crippen LogP contribution in [0, 0.1) is 0 Å². The standard InChI is InChI=1S/C19H23Cl2N3/c20-17-7-6-16(18(21)11-17)14-22-12-15-5-8-19(23-13-15)24-9-3-1-2-4-10-24/h5-8,11,13,22H,1-4,9-10,12,14H2. The molecule has 1 saturated heterocycles. The number of nitrogens with one attached hydrogen (secondary N) is 1. The van der Waals surface area contributed by atoms with Gasteiger partial charge in [-0.05, 0) is 42.2 Å². The molecule has 2 heterocycles. The van der Waals surface area contributed by atoms with Crippen molar-refractivity contribution in [3.8, 4) is 0 Å². The van der Waals surface area contributed by atoms with Crippen molar-refractivity contribution in [3.63, 3.8) is 0 Å². The molecule has 3 rings (SSSR count). The van der Waals surface area contributed by atoms with E-state index in [4.69, 9.17) is 23.2 Å². The number of nitrogens with zero attached hydrogens (tertiary/aromatic N) is 2. The van der Waals surface area contributed by atoms with Crippen molar-refractivity contribution in [1.29, 1.82) is 0 Å². The topological polar surface area (TPSA) is 28.2 Å². The molecule has 1 aromatic heterocycles. The van der Waals surface area contributed by atoms with Crippen LogP contribution in [0.1, 0.15) is 36.8 Å². The molecule has 0 amide bonds. The molecule has 0 bridgehead atoms. The molecular weight excluding hydrogens is 341 g/mol. The summed E-state index contributed by atoms with van der Waals surface area (Å²) < 4.78 is 0. The van der Waals surface area contributed by atoms with E-state index in [1.54, 1.807) is 6.07 Å². The molecule has 1 aliphatic rings. The number of halogens is 2. The van der Waals surface area contributed by atoms with Gasteiger partial charge in [0.2, 0.25) is 0 Å². The van der Waals surface area contributed by atoms with Crippen LogP contribution in [0.25, 0.3) is 0 Å². The summed E-state index contributed by atoms with van der Waals surface area (Å²) in [5, 5.41) is 4.77. The van der Waals surface area contributed by atoms with E-state index in [9.17, 15) is 0 Å². The number of aromatic nitrogens is 1. The summed E-state index contributed by atoms with van der Waals surface area (Å²) in [7, 11) is 0. The number of benzene rings is 1. The largest absolute Gasteiger partial charge is 0.357 e. The average molecular weight is 364 g/mol. The third kappa shape index (κ3) is 4.85. The lowest BCUT2D eigenvalue weighted by molar-refractivity contribution is 0.690. The van der Waals surface area contributed by atoms with Gasteiger partial charge in [-0.2, -0.15) is 0 Å². The van der Waals surface area contributed by atoms with Gasteiger partial charge in [0.25, 0.3) is 0 Å². The molecule has 1 aromatic carbocycles. The van der Waals surface area contributed by atoms with Crippen molar-refractivity contribution in [2.45, 2.75) is 38.8 Å². The third-order valence-electron chi connectivity index (χ3n) is 4.40. The molecule has 0 radical (unpaired) electrons. The predicted molar refractivity (Wildman–Crippen MR) is 102 cm³/mol. The Kier molecular flexibility index (Phi) is 6.36. The molecule has 1 aliphatic heterocycles. The number of rotatable bonds is 5. The molecular formula is C19H23Cl2N3. The zero-order valence-corrected chi connectivity index (χ0v) is 15.3. The van der Waals surface area contributed by atoms with Gasteiger partial charge < -0.3 is 10.2 Å². The van der Waals surface area contributed by atoms with Crippen LogP contribution in [0.2, 0.25) is 10.0 Å². The fourth-order valence-electron chi connectivity index (χ4n) is 3.01. The van der Waals surface area contributed by atoms with Gasteiger partial charge in [0.15, 0.2) is 0 Å². The van der Waals surface area contributed by atoms with Crippen molar-refractivity contribution in [2.24, 2.45) is 0 Å². The van der Waals surface area contributed by atoms with Gasteiger partial charge in [-0.1, -0.05) is 48.2 Å². The molecule has 0 aliphatic carbocycles. The van der Waals surface area contributed by atoms with Gasteiger partial charge in [-0.3, -0.25) is 0 Å². The van der Waals surface area contributed by atoms with Crippen molar-refractivity contribution in [1.82, 2.24) is 10.3 Å². The second kappa shape index (κ2) is 8.70. The molecule has 24 heavy (non-hydrogen) atoms. The first-order valence-electron chi connectivity index (χ1n) is 8.57. The third-order valence-corrected chi connectivity index (χ3v) is 4.99. The van der Waals surface area contributed by atoms with Gasteiger partial charge in [-0.25, -0.2) is 4.98 Å². The van der Waals surface area contributed by atoms with Crippen molar-refractivity contribution >= 4 is 29.0 Å². The summed E-state index contributed by atoms with van der Waals surface area (Å²) in [6.45, 7) is 3.73. The minimum Gasteiger partial charge on any atom is -0.357 e. The molecule has 0 spiro atoms. The summed E-state index contributed by atoms with van der Waals surface area (Å²) in [5.41, 5.74) is 2.23. The van der Waals surface area contributed by atoms with Crippen molar-refractivity contribution < 1.29 is 0 Å². The SMILES string of the molecule is Clc1ccc(CNCc2ccc(N3CCCCCC3)nc2)c(Cl)c1. The van der Waals surface area contributed by atoms with Gasteiger partial charge in [0.1, 0.15) is 5.82 Å². The molecule has 0 unspecified atom stereocenters. The maximum Gasteiger partial charge on any atom is 0.128 e. The summed E-state index contributed by atoms with van der Waals surface area (Å²) >= 11 is 12.1. The molecule has 0 saturated carbocycles. The Morgan fingerprint density at radius 1 is 0.958 bits per heavy atom. The van der Waals surface area contributed by atoms with Gasteiger partial charge in [0, 0.05) is 42.4 Å². The van der Waals surface area contributed by atoms with Crippen LogP contribution in [0.15, 0.2) is 36.5 Å². The van der Waals surface area contributed by atoms with E-state index in [-0.39, 0.29) is 0 Å². The highest BCUT2D eigenvalue weighted by molar-refractivity contribution is 6.35. The quantitative estimate of drug-likeness (QED) is 0.804. The maximum absolute atomic E-state index is 6.19. The Labute approximate surface area is 154 Å². The second-order valence-corrected chi connectivity index (χ2v) is 7.11. The lowest BCUT2D eigenvalue weighted by Gasteiger charge is -2.21. The van der Waals surface area contributed by atoms with Crippen LogP contribution >= 0.6 is 23.2 Å². The zero-order valence-electron chi connectivity index (χ0n) is 13.8. The average Bonchev–Trinajstić information content (AvgIpc) is 2.87. The van der Waals surface area contributed by atoms with E-state index in [0.29, 0.717) is 16.6 Å². The smallest absolute Gasteiger partial charge is 0.128 e. The lowest BCUT2D eigenvalue weighted by Crippen LogP contribution is -2.24. The van der Waals surface area contributed by atoms with Crippen molar-refractivity contribution in [3.05, 3.63) is 57.7 Å². The summed E-state index contributed by atoms with van der Waals surface area (Å²) in [6.07, 6.45) is 7.19. The highest BCUT2D eigenvalue weighted by Gasteiger charge is 2.10. The minimum absolute atomic E-state index is 0.664. The van der Waals surface area contributed by atoms with E-state index in [0.717, 1.165) is 31.0 Å². The Morgan fingerprint density at radius 3 is 2.42 bits per heavy atom. The summed E-state index contributed by atoms with van der Waals surface area (Å²) in [5.74, 6) is 1.10. The van der Waals surface area contributed by atoms with Crippen LogP contribution in [0.3, 0.4) is 0 Å². The molecule has 3 nitrogen and oxygen atoms in total. The maximum atomic E-state index is 6.19. The molecule has 1 N–H and O–H groups in total. The lowest BCUT2D eigenvalue weighted by atomic mass is 10.2. The van der Waals surface area contributed by atoms with Crippen LogP contribution in [0.4, 0.5) is 5.82 Å². The number of pyridine rings is 1. The summed E-state index contributed by atoms with van der Waals surface area (Å²) in [6, 6.07) is 9.89. The first kappa shape index (κ1) is 17.5. The van der Waals surface area contributed by atoms with E-state index in [1.165, 1.54) is 31.2 Å². The van der Waals surface area contributed by atoms with Gasteiger partial charge in [0.05, 0.1) is 0 Å². The van der Waals surface area contributed by atoms with E-state index >= 15 is 0 Å². The minimum atomic E-state index is 0.664. The fraction of sp³-hybridized carbons (Fsp3) is 0.421. The van der Waals surface area contributed by atoms with Gasteiger partial charge in [-0.15, -0.1) is 0 Å². The molecule has 0 atom stereocenters. The van der Waals surface area contributed by atoms with Crippen molar-refractivity contribution in [2.75, 3.05) is 18.0 Å². The molecule has 2 aromatic rings. The van der Waals surface area contributed by atoms with E-state index in [1.807, 2.05) is 18.3 Å². The van der Waals surface area contributed by atoms with Crippen LogP contribution in [0.5, 0.6) is 0 Å². The monoisotopic (exact) mass is 363 g/mol. The van der Waals surface area contributed by atoms with Crippen LogP contribution in [-0.2, 0) is 13.1 Å². The number of hydrogen-bond acceptors (Lipinski definition) is 3. The fourth-order valence-corrected chi connectivity index (χ4v) is 3.49. The normalized spacial score (nSPS) is 15.3. The molecule has 128 valence electrons. The summed E-state index contributed by atoms with van der Waals surface area (Å²) in [4.78, 5) is 7.04. The Hall–Kier alpha value is -1.29. The van der Waals surface area contributed by atoms with Crippen LogP contribution in [-0.4, -0.2) is 18.1 Å². The highest BCUT2D eigenvalue weighted by Crippen LogP contribution is 2.21. The molecule has 5 heteroatoms. The number of hydrogen-bond donors (Lipinski definition) is 1. The first-order valence-corrected chi connectivity index (χ1v) is 9.32. The van der Waals surface area contributed by atoms with E-state index in [2.05, 4.69) is 27.3 Å². The number of anilines is 1. The predicted octanol–water partition coefficient (Wildman–Crippen LogP) is 5.06. The Balaban J connectivity index is 1.52. The molecule has 1 fully saturated rings. The van der Waals surface area contributed by atoms with Gasteiger partial charge >= 0.3 is 0 Å². The Morgan fingerprint density at radius 2 is 1.75 bits per heavy atom. The zero-order chi connectivity index (χ0) is 16.8. The first-order chi connectivity index (χ1) is 11.7. The Bertz CT molecular complexity index is 650. The second-order valence-electron chi connectivity index (χ2n) is 6.27. The van der Waals surface area contributed by atoms with E-state index < -0.39 is 0 Å². The van der Waals surface area contributed by atoms with Crippen LogP contribution < -0.4 is 10.2 Å².